The highest BCUT2D eigenvalue weighted by Gasteiger charge is 2.41. The summed E-state index contributed by atoms with van der Waals surface area (Å²) in [7, 11) is 0. The average Bonchev–Trinajstić information content (AvgIpc) is 2.95. The molecule has 1 saturated heterocycles. The first kappa shape index (κ1) is 17.5. The summed E-state index contributed by atoms with van der Waals surface area (Å²) >= 11 is 0. The van der Waals surface area contributed by atoms with E-state index in [9.17, 15) is 9.59 Å². The number of aryl methyl sites for hydroxylation is 1. The highest BCUT2D eigenvalue weighted by atomic mass is 16.5. The Morgan fingerprint density at radius 1 is 0.889 bits per heavy atom. The molecule has 2 amide bonds. The van der Waals surface area contributed by atoms with E-state index in [1.165, 1.54) is 4.90 Å². The third-order valence-electron chi connectivity index (χ3n) is 4.99. The van der Waals surface area contributed by atoms with Crippen molar-refractivity contribution >= 4 is 17.4 Å². The number of benzene rings is 2. The molecule has 27 heavy (non-hydrogen) atoms. The van der Waals surface area contributed by atoms with E-state index in [0.29, 0.717) is 37.6 Å². The fourth-order valence-corrected chi connectivity index (χ4v) is 3.53. The third kappa shape index (κ3) is 3.38. The Morgan fingerprint density at radius 3 is 2.22 bits per heavy atom. The van der Waals surface area contributed by atoms with Crippen molar-refractivity contribution in [1.82, 2.24) is 9.80 Å². The Kier molecular flexibility index (Phi) is 4.77. The van der Waals surface area contributed by atoms with Crippen molar-refractivity contribution in [3.8, 4) is 0 Å². The van der Waals surface area contributed by atoms with Crippen molar-refractivity contribution in [1.29, 1.82) is 0 Å². The Bertz CT molecular complexity index is 882. The van der Waals surface area contributed by atoms with Crippen molar-refractivity contribution in [2.75, 3.05) is 26.3 Å². The minimum absolute atomic E-state index is 0.221. The van der Waals surface area contributed by atoms with Crippen LogP contribution in [-0.2, 0) is 20.9 Å². The highest BCUT2D eigenvalue weighted by molar-refractivity contribution is 6.35. The molecule has 1 fully saturated rings. The summed E-state index contributed by atoms with van der Waals surface area (Å²) in [6.07, 6.45) is 0. The fourth-order valence-electron chi connectivity index (χ4n) is 3.53. The quantitative estimate of drug-likeness (QED) is 0.785. The summed E-state index contributed by atoms with van der Waals surface area (Å²) < 4.78 is 5.42. The molecule has 0 bridgehead atoms. The SMILES string of the molecule is Cc1ccc(CN2C(=O)C(c3ccccc3)=C(N3CCOCC3)C2=O)cc1. The molecule has 0 N–H and O–H groups in total. The van der Waals surface area contributed by atoms with Crippen LogP contribution in [0.2, 0.25) is 0 Å². The van der Waals surface area contributed by atoms with Crippen LogP contribution < -0.4 is 0 Å². The number of ether oxygens (including phenoxy) is 1. The van der Waals surface area contributed by atoms with Gasteiger partial charge in [-0.1, -0.05) is 60.2 Å². The number of carbonyl (C=O) groups excluding carboxylic acids is 2. The van der Waals surface area contributed by atoms with E-state index in [4.69, 9.17) is 4.74 Å². The molecule has 0 unspecified atom stereocenters. The van der Waals surface area contributed by atoms with Crippen LogP contribution >= 0.6 is 0 Å². The summed E-state index contributed by atoms with van der Waals surface area (Å²) in [6, 6.07) is 17.4. The third-order valence-corrected chi connectivity index (χ3v) is 4.99. The molecule has 0 saturated carbocycles. The van der Waals surface area contributed by atoms with Gasteiger partial charge in [-0.3, -0.25) is 14.5 Å². The van der Waals surface area contributed by atoms with E-state index in [1.807, 2.05) is 66.4 Å². The van der Waals surface area contributed by atoms with Gasteiger partial charge in [0.15, 0.2) is 0 Å². The lowest BCUT2D eigenvalue weighted by molar-refractivity contribution is -0.138. The molecule has 4 rings (SSSR count). The molecule has 2 aromatic rings. The highest BCUT2D eigenvalue weighted by Crippen LogP contribution is 2.32. The zero-order valence-corrected chi connectivity index (χ0v) is 15.4. The summed E-state index contributed by atoms with van der Waals surface area (Å²) in [5.74, 6) is -0.449. The minimum atomic E-state index is -0.228. The van der Waals surface area contributed by atoms with Gasteiger partial charge in [-0.05, 0) is 18.1 Å². The summed E-state index contributed by atoms with van der Waals surface area (Å²) in [6.45, 7) is 4.64. The molecule has 2 aliphatic rings. The van der Waals surface area contributed by atoms with Crippen LogP contribution in [0, 0.1) is 6.92 Å². The van der Waals surface area contributed by atoms with Gasteiger partial charge in [-0.15, -0.1) is 0 Å². The summed E-state index contributed by atoms with van der Waals surface area (Å²) in [5, 5.41) is 0. The standard InChI is InChI=1S/C22H22N2O3/c1-16-7-9-17(10-8-16)15-24-21(25)19(18-5-3-2-4-6-18)20(22(24)26)23-11-13-27-14-12-23/h2-10H,11-15H2,1H3. The zero-order chi connectivity index (χ0) is 18.8. The number of morpholine rings is 1. The van der Waals surface area contributed by atoms with Gasteiger partial charge < -0.3 is 9.64 Å². The molecule has 0 aliphatic carbocycles. The van der Waals surface area contributed by atoms with Gasteiger partial charge in [-0.2, -0.15) is 0 Å². The number of nitrogens with zero attached hydrogens (tertiary/aromatic N) is 2. The van der Waals surface area contributed by atoms with Crippen LogP contribution in [-0.4, -0.2) is 47.9 Å². The maximum Gasteiger partial charge on any atom is 0.278 e. The number of imide groups is 1. The second kappa shape index (κ2) is 7.37. The monoisotopic (exact) mass is 362 g/mol. The van der Waals surface area contributed by atoms with Crippen LogP contribution in [0.25, 0.3) is 5.57 Å². The molecule has 2 aromatic carbocycles. The van der Waals surface area contributed by atoms with Crippen LogP contribution in [0.15, 0.2) is 60.3 Å². The van der Waals surface area contributed by atoms with Crippen molar-refractivity contribution in [3.05, 3.63) is 77.0 Å². The first-order valence-electron chi connectivity index (χ1n) is 9.19. The number of hydrogen-bond acceptors (Lipinski definition) is 4. The van der Waals surface area contributed by atoms with Gasteiger partial charge in [0.25, 0.3) is 11.8 Å². The van der Waals surface area contributed by atoms with Gasteiger partial charge >= 0.3 is 0 Å². The number of rotatable bonds is 4. The van der Waals surface area contributed by atoms with Gasteiger partial charge in [0, 0.05) is 13.1 Å². The first-order valence-corrected chi connectivity index (χ1v) is 9.19. The molecular formula is C22H22N2O3. The van der Waals surface area contributed by atoms with E-state index in [2.05, 4.69) is 0 Å². The normalized spacial score (nSPS) is 17.8. The fraction of sp³-hybridized carbons (Fsp3) is 0.273. The topological polar surface area (TPSA) is 49.9 Å². The average molecular weight is 362 g/mol. The van der Waals surface area contributed by atoms with Crippen LogP contribution in [0.5, 0.6) is 0 Å². The minimum Gasteiger partial charge on any atom is -0.378 e. The molecule has 2 aliphatic heterocycles. The zero-order valence-electron chi connectivity index (χ0n) is 15.4. The molecule has 0 radical (unpaired) electrons. The first-order chi connectivity index (χ1) is 13.1. The van der Waals surface area contributed by atoms with Crippen molar-refractivity contribution < 1.29 is 14.3 Å². The Hall–Kier alpha value is -2.92. The van der Waals surface area contributed by atoms with Crippen molar-refractivity contribution in [3.63, 3.8) is 0 Å². The van der Waals surface area contributed by atoms with Crippen molar-refractivity contribution in [2.45, 2.75) is 13.5 Å². The number of amides is 2. The lowest BCUT2D eigenvalue weighted by Gasteiger charge is -2.29. The number of carbonyl (C=O) groups is 2. The molecule has 2 heterocycles. The maximum absolute atomic E-state index is 13.2. The Morgan fingerprint density at radius 2 is 1.56 bits per heavy atom. The van der Waals surface area contributed by atoms with Gasteiger partial charge in [0.2, 0.25) is 0 Å². The molecule has 0 aromatic heterocycles. The van der Waals surface area contributed by atoms with E-state index in [0.717, 1.165) is 16.7 Å². The van der Waals surface area contributed by atoms with Crippen LogP contribution in [0.3, 0.4) is 0 Å². The van der Waals surface area contributed by atoms with E-state index in [1.54, 1.807) is 0 Å². The van der Waals surface area contributed by atoms with Gasteiger partial charge in [0.1, 0.15) is 5.70 Å². The summed E-state index contributed by atoms with van der Waals surface area (Å²) in [5.41, 5.74) is 3.87. The predicted octanol–water partition coefficient (Wildman–Crippen LogP) is 2.61. The Labute approximate surface area is 158 Å². The van der Waals surface area contributed by atoms with Gasteiger partial charge in [-0.25, -0.2) is 0 Å². The lowest BCUT2D eigenvalue weighted by atomic mass is 10.0. The molecule has 0 spiro atoms. The maximum atomic E-state index is 13.2. The largest absolute Gasteiger partial charge is 0.378 e. The smallest absolute Gasteiger partial charge is 0.278 e. The predicted molar refractivity (Wildman–Crippen MR) is 102 cm³/mol. The number of hydrogen-bond donors (Lipinski definition) is 0. The van der Waals surface area contributed by atoms with E-state index >= 15 is 0 Å². The van der Waals surface area contributed by atoms with E-state index in [-0.39, 0.29) is 18.4 Å². The molecular weight excluding hydrogens is 340 g/mol. The second-order valence-electron chi connectivity index (χ2n) is 6.87. The van der Waals surface area contributed by atoms with Crippen LogP contribution in [0.4, 0.5) is 0 Å². The molecule has 0 atom stereocenters. The second-order valence-corrected chi connectivity index (χ2v) is 6.87. The Balaban J connectivity index is 1.71. The van der Waals surface area contributed by atoms with E-state index < -0.39 is 0 Å². The molecule has 5 heteroatoms. The van der Waals surface area contributed by atoms with Crippen molar-refractivity contribution in [2.24, 2.45) is 0 Å². The molecule has 5 nitrogen and oxygen atoms in total. The van der Waals surface area contributed by atoms with Gasteiger partial charge in [0.05, 0.1) is 25.3 Å². The lowest BCUT2D eigenvalue weighted by Crippen LogP contribution is -2.40. The molecule has 138 valence electrons. The van der Waals surface area contributed by atoms with Crippen LogP contribution in [0.1, 0.15) is 16.7 Å². The summed E-state index contributed by atoms with van der Waals surface area (Å²) in [4.78, 5) is 29.8.